The minimum absolute atomic E-state index is 0.0212. The number of hydrogen-bond acceptors (Lipinski definition) is 2. The Kier molecular flexibility index (Phi) is 5.17. The van der Waals surface area contributed by atoms with Crippen molar-refractivity contribution in [3.05, 3.63) is 0 Å². The Morgan fingerprint density at radius 1 is 1.22 bits per heavy atom. The van der Waals surface area contributed by atoms with Crippen molar-refractivity contribution in [2.24, 2.45) is 5.92 Å². The normalized spacial score (nSPS) is 24.9. The molecule has 1 saturated heterocycles. The van der Waals surface area contributed by atoms with Crippen LogP contribution in [0.1, 0.15) is 53.9 Å². The summed E-state index contributed by atoms with van der Waals surface area (Å²) in [5.41, 5.74) is 0. The third kappa shape index (κ3) is 3.03. The molecule has 18 heavy (non-hydrogen) atoms. The lowest BCUT2D eigenvalue weighted by Crippen LogP contribution is -2.64. The second-order valence-electron chi connectivity index (χ2n) is 5.58. The van der Waals surface area contributed by atoms with Crippen LogP contribution in [-0.4, -0.2) is 34.8 Å². The lowest BCUT2D eigenvalue weighted by molar-refractivity contribution is -0.152. The molecular formula is C14H26N2O2. The van der Waals surface area contributed by atoms with Crippen LogP contribution in [0.15, 0.2) is 0 Å². The third-order valence-electron chi connectivity index (χ3n) is 3.71. The van der Waals surface area contributed by atoms with Gasteiger partial charge in [-0.3, -0.25) is 9.59 Å². The van der Waals surface area contributed by atoms with Gasteiger partial charge in [0.2, 0.25) is 11.8 Å². The molecule has 2 unspecified atom stereocenters. The van der Waals surface area contributed by atoms with Crippen molar-refractivity contribution in [2.45, 2.75) is 72.0 Å². The van der Waals surface area contributed by atoms with Gasteiger partial charge in [-0.1, -0.05) is 27.7 Å². The molecule has 0 aromatic carbocycles. The smallest absolute Gasteiger partial charge is 0.246 e. The van der Waals surface area contributed by atoms with Gasteiger partial charge in [0.1, 0.15) is 12.1 Å². The van der Waals surface area contributed by atoms with Crippen LogP contribution < -0.4 is 5.32 Å². The van der Waals surface area contributed by atoms with Crippen molar-refractivity contribution < 1.29 is 9.59 Å². The molecule has 1 aliphatic rings. The summed E-state index contributed by atoms with van der Waals surface area (Å²) in [4.78, 5) is 26.3. The summed E-state index contributed by atoms with van der Waals surface area (Å²) < 4.78 is 0. The van der Waals surface area contributed by atoms with E-state index in [1.807, 2.05) is 6.92 Å². The van der Waals surface area contributed by atoms with Crippen molar-refractivity contribution in [1.82, 2.24) is 10.2 Å². The van der Waals surface area contributed by atoms with Crippen LogP contribution in [0.5, 0.6) is 0 Å². The minimum Gasteiger partial charge on any atom is -0.343 e. The van der Waals surface area contributed by atoms with Crippen molar-refractivity contribution in [3.8, 4) is 0 Å². The average molecular weight is 254 g/mol. The molecule has 0 spiro atoms. The van der Waals surface area contributed by atoms with Gasteiger partial charge in [0, 0.05) is 6.04 Å². The third-order valence-corrected chi connectivity index (χ3v) is 3.71. The van der Waals surface area contributed by atoms with E-state index < -0.39 is 0 Å². The summed E-state index contributed by atoms with van der Waals surface area (Å²) in [6, 6.07) is -0.506. The van der Waals surface area contributed by atoms with Gasteiger partial charge in [-0.05, 0) is 32.1 Å². The fourth-order valence-electron chi connectivity index (χ4n) is 2.66. The Morgan fingerprint density at radius 2 is 1.78 bits per heavy atom. The molecule has 0 saturated carbocycles. The first-order valence-electron chi connectivity index (χ1n) is 7.04. The Balaban J connectivity index is 2.91. The van der Waals surface area contributed by atoms with E-state index in [9.17, 15) is 9.59 Å². The molecule has 2 amide bonds. The van der Waals surface area contributed by atoms with E-state index in [4.69, 9.17) is 0 Å². The molecule has 4 heteroatoms. The quantitative estimate of drug-likeness (QED) is 0.815. The summed E-state index contributed by atoms with van der Waals surface area (Å²) in [6.45, 7) is 10.1. The topological polar surface area (TPSA) is 49.4 Å². The van der Waals surface area contributed by atoms with E-state index in [2.05, 4.69) is 33.0 Å². The summed E-state index contributed by atoms with van der Waals surface area (Å²) in [7, 11) is 0. The van der Waals surface area contributed by atoms with E-state index in [0.29, 0.717) is 12.3 Å². The molecule has 104 valence electrons. The molecule has 0 aliphatic carbocycles. The van der Waals surface area contributed by atoms with Crippen LogP contribution in [-0.2, 0) is 9.59 Å². The van der Waals surface area contributed by atoms with Crippen LogP contribution >= 0.6 is 0 Å². The molecule has 1 rings (SSSR count). The van der Waals surface area contributed by atoms with E-state index in [1.54, 1.807) is 4.90 Å². The van der Waals surface area contributed by atoms with Crippen LogP contribution in [0.25, 0.3) is 0 Å². The Morgan fingerprint density at radius 3 is 2.22 bits per heavy atom. The highest BCUT2D eigenvalue weighted by atomic mass is 16.2. The highest BCUT2D eigenvalue weighted by molar-refractivity contribution is 5.96. The molecule has 2 atom stereocenters. The van der Waals surface area contributed by atoms with Gasteiger partial charge in [0.25, 0.3) is 0 Å². The first-order chi connectivity index (χ1) is 8.42. The standard InChI is InChI=1S/C14H26N2O2/c1-6-11(7-2)16-10(5)13(17)15-12(14(16)18)8-9(3)4/h9-12H,6-8H2,1-5H3,(H,15,17). The van der Waals surface area contributed by atoms with Crippen LogP contribution in [0, 0.1) is 5.92 Å². The van der Waals surface area contributed by atoms with Gasteiger partial charge in [0.15, 0.2) is 0 Å². The zero-order valence-electron chi connectivity index (χ0n) is 12.2. The molecule has 1 N–H and O–H groups in total. The van der Waals surface area contributed by atoms with Crippen molar-refractivity contribution >= 4 is 11.8 Å². The van der Waals surface area contributed by atoms with E-state index in [1.165, 1.54) is 0 Å². The molecule has 1 aliphatic heterocycles. The highest BCUT2D eigenvalue weighted by Gasteiger charge is 2.40. The molecule has 0 aromatic rings. The van der Waals surface area contributed by atoms with Gasteiger partial charge in [-0.2, -0.15) is 0 Å². The molecule has 1 heterocycles. The SMILES string of the molecule is CCC(CC)N1C(=O)C(CC(C)C)NC(=O)C1C. The van der Waals surface area contributed by atoms with E-state index in [0.717, 1.165) is 12.8 Å². The van der Waals surface area contributed by atoms with Gasteiger partial charge < -0.3 is 10.2 Å². The maximum atomic E-state index is 12.5. The fraction of sp³-hybridized carbons (Fsp3) is 0.857. The Bertz CT molecular complexity index is 311. The largest absolute Gasteiger partial charge is 0.343 e. The number of carbonyl (C=O) groups excluding carboxylic acids is 2. The van der Waals surface area contributed by atoms with Crippen LogP contribution in [0.2, 0.25) is 0 Å². The monoisotopic (exact) mass is 254 g/mol. The zero-order valence-corrected chi connectivity index (χ0v) is 12.2. The van der Waals surface area contributed by atoms with Crippen molar-refractivity contribution in [1.29, 1.82) is 0 Å². The zero-order chi connectivity index (χ0) is 13.9. The van der Waals surface area contributed by atoms with Gasteiger partial charge >= 0.3 is 0 Å². The second-order valence-corrected chi connectivity index (χ2v) is 5.58. The molecule has 1 fully saturated rings. The second kappa shape index (κ2) is 6.21. The molecule has 0 aromatic heterocycles. The average Bonchev–Trinajstić information content (AvgIpc) is 2.31. The van der Waals surface area contributed by atoms with E-state index >= 15 is 0 Å². The predicted octanol–water partition coefficient (Wildman–Crippen LogP) is 1.94. The summed E-state index contributed by atoms with van der Waals surface area (Å²) >= 11 is 0. The maximum Gasteiger partial charge on any atom is 0.246 e. The maximum absolute atomic E-state index is 12.5. The number of nitrogens with zero attached hydrogens (tertiary/aromatic N) is 1. The summed E-state index contributed by atoms with van der Waals surface area (Å²) in [6.07, 6.45) is 2.51. The van der Waals surface area contributed by atoms with Crippen LogP contribution in [0.4, 0.5) is 0 Å². The fourth-order valence-corrected chi connectivity index (χ4v) is 2.66. The Hall–Kier alpha value is -1.06. The van der Waals surface area contributed by atoms with Gasteiger partial charge in [-0.25, -0.2) is 0 Å². The predicted molar refractivity (Wildman–Crippen MR) is 72.1 cm³/mol. The number of amides is 2. The molecule has 4 nitrogen and oxygen atoms in total. The Labute approximate surface area is 110 Å². The number of rotatable bonds is 5. The lowest BCUT2D eigenvalue weighted by atomic mass is 9.96. The number of carbonyl (C=O) groups is 2. The van der Waals surface area contributed by atoms with Crippen molar-refractivity contribution in [3.63, 3.8) is 0 Å². The van der Waals surface area contributed by atoms with Crippen molar-refractivity contribution in [2.75, 3.05) is 0 Å². The highest BCUT2D eigenvalue weighted by Crippen LogP contribution is 2.21. The first kappa shape index (κ1) is 15.0. The molecule has 0 radical (unpaired) electrons. The molecular weight excluding hydrogens is 228 g/mol. The summed E-state index contributed by atoms with van der Waals surface area (Å²) in [5, 5.41) is 2.85. The molecule has 0 bridgehead atoms. The minimum atomic E-state index is -0.342. The van der Waals surface area contributed by atoms with Gasteiger partial charge in [0.05, 0.1) is 0 Å². The van der Waals surface area contributed by atoms with Crippen LogP contribution in [0.3, 0.4) is 0 Å². The van der Waals surface area contributed by atoms with Gasteiger partial charge in [-0.15, -0.1) is 0 Å². The number of nitrogens with one attached hydrogen (secondary N) is 1. The number of hydrogen-bond donors (Lipinski definition) is 1. The van der Waals surface area contributed by atoms with E-state index in [-0.39, 0.29) is 29.9 Å². The summed E-state index contributed by atoms with van der Waals surface area (Å²) in [5.74, 6) is 0.466. The lowest BCUT2D eigenvalue weighted by Gasteiger charge is -2.42. The number of piperazine rings is 1. The first-order valence-corrected chi connectivity index (χ1v) is 7.04.